The molecule has 1 N–H and O–H groups in total. The average molecular weight is 366 g/mol. The normalized spacial score (nSPS) is 18.8. The van der Waals surface area contributed by atoms with Crippen molar-refractivity contribution in [2.45, 2.75) is 33.0 Å². The Hall–Kier alpha value is -2.28. The van der Waals surface area contributed by atoms with Crippen molar-refractivity contribution in [3.05, 3.63) is 42.0 Å². The van der Waals surface area contributed by atoms with E-state index in [-0.39, 0.29) is 12.1 Å². The van der Waals surface area contributed by atoms with Gasteiger partial charge in [0.25, 0.3) is 0 Å². The minimum Gasteiger partial charge on any atom is -0.494 e. The highest BCUT2D eigenvalue weighted by atomic mass is 19.4. The third-order valence-electron chi connectivity index (χ3n) is 4.52. The number of halogens is 3. The van der Waals surface area contributed by atoms with Crippen LogP contribution in [0.5, 0.6) is 5.75 Å². The van der Waals surface area contributed by atoms with E-state index in [0.29, 0.717) is 23.1 Å². The molecule has 1 aliphatic rings. The van der Waals surface area contributed by atoms with Crippen molar-refractivity contribution in [3.8, 4) is 5.75 Å². The standard InChI is InChI=1S/C19H21F3N2O2/c1-4-26-13-9-12-7-5-6-8-14(12)15(10-13)16(19(20,21)22)24-11-18(2,3)17(25)23-24/h5-10,16H,4,11H2,1-3H3,(H,23,25)/t16-/m0/s1. The molecule has 4 nitrogen and oxygen atoms in total. The van der Waals surface area contributed by atoms with Crippen LogP contribution in [-0.4, -0.2) is 30.2 Å². The highest BCUT2D eigenvalue weighted by molar-refractivity contribution is 5.88. The maximum absolute atomic E-state index is 14.0. The van der Waals surface area contributed by atoms with Gasteiger partial charge in [-0.15, -0.1) is 0 Å². The summed E-state index contributed by atoms with van der Waals surface area (Å²) in [5.74, 6) is -0.0442. The Bertz CT molecular complexity index is 833. The van der Waals surface area contributed by atoms with Crippen LogP contribution < -0.4 is 10.2 Å². The molecular weight excluding hydrogens is 345 g/mol. The number of ether oxygens (including phenoxy) is 1. The van der Waals surface area contributed by atoms with E-state index in [4.69, 9.17) is 4.74 Å². The highest BCUT2D eigenvalue weighted by Gasteiger charge is 2.51. The number of benzene rings is 2. The van der Waals surface area contributed by atoms with E-state index < -0.39 is 23.5 Å². The van der Waals surface area contributed by atoms with Gasteiger partial charge in [0, 0.05) is 6.54 Å². The van der Waals surface area contributed by atoms with Crippen molar-refractivity contribution in [2.24, 2.45) is 5.41 Å². The van der Waals surface area contributed by atoms with E-state index in [1.807, 2.05) is 0 Å². The SMILES string of the molecule is CCOc1cc([C@H](N2CC(C)(C)C(=O)N2)C(F)(F)F)c2ccccc2c1. The number of hydrogen-bond acceptors (Lipinski definition) is 3. The number of alkyl halides is 3. The number of amides is 1. The van der Waals surface area contributed by atoms with Gasteiger partial charge in [-0.1, -0.05) is 24.3 Å². The van der Waals surface area contributed by atoms with Crippen molar-refractivity contribution in [1.82, 2.24) is 10.4 Å². The van der Waals surface area contributed by atoms with Crippen LogP contribution >= 0.6 is 0 Å². The van der Waals surface area contributed by atoms with Gasteiger partial charge in [0.2, 0.25) is 5.91 Å². The van der Waals surface area contributed by atoms with Gasteiger partial charge in [0.1, 0.15) is 5.75 Å². The molecule has 1 saturated heterocycles. The molecule has 7 heteroatoms. The summed E-state index contributed by atoms with van der Waals surface area (Å²) in [7, 11) is 0. The lowest BCUT2D eigenvalue weighted by atomic mass is 9.93. The molecular formula is C19H21F3N2O2. The first-order valence-electron chi connectivity index (χ1n) is 8.43. The average Bonchev–Trinajstić information content (AvgIpc) is 2.79. The smallest absolute Gasteiger partial charge is 0.409 e. The quantitative estimate of drug-likeness (QED) is 0.881. The molecule has 0 unspecified atom stereocenters. The predicted octanol–water partition coefficient (Wildman–Crippen LogP) is 4.21. The summed E-state index contributed by atoms with van der Waals surface area (Å²) in [6, 6.07) is 8.06. The zero-order chi connectivity index (χ0) is 19.1. The first kappa shape index (κ1) is 18.5. The highest BCUT2D eigenvalue weighted by Crippen LogP contribution is 2.43. The molecule has 2 aromatic carbocycles. The van der Waals surface area contributed by atoms with Crippen LogP contribution in [0.15, 0.2) is 36.4 Å². The van der Waals surface area contributed by atoms with E-state index in [1.165, 1.54) is 6.07 Å². The Morgan fingerprint density at radius 3 is 2.54 bits per heavy atom. The first-order chi connectivity index (χ1) is 12.1. The van der Waals surface area contributed by atoms with E-state index in [9.17, 15) is 18.0 Å². The summed E-state index contributed by atoms with van der Waals surface area (Å²) in [5, 5.41) is 2.13. The molecule has 3 rings (SSSR count). The summed E-state index contributed by atoms with van der Waals surface area (Å²) in [5.41, 5.74) is 1.57. The van der Waals surface area contributed by atoms with Gasteiger partial charge in [-0.25, -0.2) is 5.01 Å². The maximum Gasteiger partial charge on any atom is 0.409 e. The van der Waals surface area contributed by atoms with Gasteiger partial charge in [-0.2, -0.15) is 13.2 Å². The summed E-state index contributed by atoms with van der Waals surface area (Å²) in [6.07, 6.45) is -4.57. The second-order valence-electron chi connectivity index (χ2n) is 7.06. The Balaban J connectivity index is 2.17. The minimum atomic E-state index is -4.57. The molecule has 0 aliphatic carbocycles. The van der Waals surface area contributed by atoms with Gasteiger partial charge < -0.3 is 4.74 Å². The second kappa shape index (κ2) is 6.46. The van der Waals surface area contributed by atoms with Crippen molar-refractivity contribution in [1.29, 1.82) is 0 Å². The van der Waals surface area contributed by atoms with Gasteiger partial charge >= 0.3 is 6.18 Å². The number of carbonyl (C=O) groups is 1. The van der Waals surface area contributed by atoms with Gasteiger partial charge in [0.15, 0.2) is 6.04 Å². The molecule has 26 heavy (non-hydrogen) atoms. The lowest BCUT2D eigenvalue weighted by molar-refractivity contribution is -0.191. The number of fused-ring (bicyclic) bond motifs is 1. The summed E-state index contributed by atoms with van der Waals surface area (Å²) in [4.78, 5) is 12.1. The zero-order valence-corrected chi connectivity index (χ0v) is 14.9. The summed E-state index contributed by atoms with van der Waals surface area (Å²) in [6.45, 7) is 5.35. The first-order valence-corrected chi connectivity index (χ1v) is 8.43. The molecule has 1 atom stereocenters. The zero-order valence-electron chi connectivity index (χ0n) is 14.9. The largest absolute Gasteiger partial charge is 0.494 e. The third-order valence-corrected chi connectivity index (χ3v) is 4.52. The monoisotopic (exact) mass is 366 g/mol. The van der Waals surface area contributed by atoms with Gasteiger partial charge in [-0.3, -0.25) is 10.2 Å². The van der Waals surface area contributed by atoms with E-state index >= 15 is 0 Å². The van der Waals surface area contributed by atoms with E-state index in [0.717, 1.165) is 5.01 Å². The second-order valence-corrected chi connectivity index (χ2v) is 7.06. The minimum absolute atomic E-state index is 0.0385. The van der Waals surface area contributed by atoms with Crippen LogP contribution in [0.2, 0.25) is 0 Å². The van der Waals surface area contributed by atoms with E-state index in [2.05, 4.69) is 5.43 Å². The molecule has 2 aromatic rings. The summed E-state index contributed by atoms with van der Waals surface area (Å²) >= 11 is 0. The molecule has 0 bridgehead atoms. The fraction of sp³-hybridized carbons (Fsp3) is 0.421. The van der Waals surface area contributed by atoms with Crippen LogP contribution in [-0.2, 0) is 4.79 Å². The molecule has 1 fully saturated rings. The van der Waals surface area contributed by atoms with Crippen LogP contribution in [0.4, 0.5) is 13.2 Å². The molecule has 1 aliphatic heterocycles. The van der Waals surface area contributed by atoms with Gasteiger partial charge in [0.05, 0.1) is 12.0 Å². The van der Waals surface area contributed by atoms with Crippen LogP contribution in [0, 0.1) is 5.41 Å². The molecule has 0 radical (unpaired) electrons. The number of nitrogens with zero attached hydrogens (tertiary/aromatic N) is 1. The molecule has 1 amide bonds. The lowest BCUT2D eigenvalue weighted by Gasteiger charge is -2.31. The fourth-order valence-corrected chi connectivity index (χ4v) is 3.28. The number of carbonyl (C=O) groups excluding carboxylic acids is 1. The molecule has 140 valence electrons. The van der Waals surface area contributed by atoms with Crippen LogP contribution in [0.25, 0.3) is 10.8 Å². The van der Waals surface area contributed by atoms with Crippen molar-refractivity contribution >= 4 is 16.7 Å². The van der Waals surface area contributed by atoms with Crippen LogP contribution in [0.3, 0.4) is 0 Å². The van der Waals surface area contributed by atoms with Gasteiger partial charge in [-0.05, 0) is 49.2 Å². The number of hydrazine groups is 1. The fourth-order valence-electron chi connectivity index (χ4n) is 3.28. The topological polar surface area (TPSA) is 41.6 Å². The van der Waals surface area contributed by atoms with Crippen molar-refractivity contribution in [3.63, 3.8) is 0 Å². The Labute approximate surface area is 149 Å². The number of hydrogen-bond donors (Lipinski definition) is 1. The predicted molar refractivity (Wildman–Crippen MR) is 92.5 cm³/mol. The Morgan fingerprint density at radius 2 is 1.96 bits per heavy atom. The Morgan fingerprint density at radius 1 is 1.27 bits per heavy atom. The van der Waals surface area contributed by atoms with E-state index in [1.54, 1.807) is 51.1 Å². The number of rotatable bonds is 4. The number of nitrogens with one attached hydrogen (secondary N) is 1. The molecule has 0 aromatic heterocycles. The van der Waals surface area contributed by atoms with Crippen LogP contribution in [0.1, 0.15) is 32.4 Å². The lowest BCUT2D eigenvalue weighted by Crippen LogP contribution is -2.43. The maximum atomic E-state index is 14.0. The molecule has 1 heterocycles. The Kier molecular flexibility index (Phi) is 4.60. The third kappa shape index (κ3) is 3.35. The molecule has 0 saturated carbocycles. The van der Waals surface area contributed by atoms with Crippen molar-refractivity contribution < 1.29 is 22.7 Å². The van der Waals surface area contributed by atoms with Crippen molar-refractivity contribution in [2.75, 3.05) is 13.2 Å². The summed E-state index contributed by atoms with van der Waals surface area (Å²) < 4.78 is 47.6. The molecule has 0 spiro atoms.